The highest BCUT2D eigenvalue weighted by Crippen LogP contribution is 2.37. The Bertz CT molecular complexity index is 408. The second-order valence-corrected chi connectivity index (χ2v) is 5.84. The van der Waals surface area contributed by atoms with Gasteiger partial charge in [-0.15, -0.1) is 0 Å². The Hall–Kier alpha value is -1.10. The minimum Gasteiger partial charge on any atom is -0.310 e. The van der Waals surface area contributed by atoms with Crippen LogP contribution in [-0.2, 0) is 6.18 Å². The predicted molar refractivity (Wildman–Crippen MR) is 69.7 cm³/mol. The van der Waals surface area contributed by atoms with Crippen LogP contribution in [-0.4, -0.2) is 11.5 Å². The quantitative estimate of drug-likeness (QED) is 0.890. The molecule has 0 aliphatic heterocycles. The summed E-state index contributed by atoms with van der Waals surface area (Å²) in [7, 11) is 0. The Morgan fingerprint density at radius 3 is 2.37 bits per heavy atom. The van der Waals surface area contributed by atoms with E-state index in [1.165, 1.54) is 12.4 Å². The van der Waals surface area contributed by atoms with Gasteiger partial charge >= 0.3 is 6.18 Å². The Balaban J connectivity index is 3.16. The maximum absolute atomic E-state index is 13.0. The second-order valence-electron chi connectivity index (χ2n) is 5.84. The molecule has 0 aromatic carbocycles. The third-order valence-corrected chi connectivity index (χ3v) is 2.80. The van der Waals surface area contributed by atoms with Crippen LogP contribution in [0.5, 0.6) is 0 Å². The average molecular weight is 274 g/mol. The van der Waals surface area contributed by atoms with E-state index in [1.54, 1.807) is 0 Å². The molecule has 1 atom stereocenters. The van der Waals surface area contributed by atoms with Crippen LogP contribution in [0.4, 0.5) is 13.2 Å². The summed E-state index contributed by atoms with van der Waals surface area (Å²) in [6, 6.07) is 0.706. The summed E-state index contributed by atoms with van der Waals surface area (Å²) in [6.45, 7) is 8.55. The number of nitrogens with zero attached hydrogens (tertiary/aromatic N) is 1. The van der Waals surface area contributed by atoms with Crippen LogP contribution in [0, 0.1) is 5.41 Å². The number of hydrogen-bond donors (Lipinski definition) is 1. The van der Waals surface area contributed by atoms with Gasteiger partial charge in [0.2, 0.25) is 0 Å². The van der Waals surface area contributed by atoms with E-state index in [1.807, 2.05) is 27.7 Å². The fourth-order valence-corrected chi connectivity index (χ4v) is 2.09. The van der Waals surface area contributed by atoms with Crippen LogP contribution in [0.1, 0.15) is 51.3 Å². The molecule has 0 saturated heterocycles. The number of nitrogens with one attached hydrogen (secondary N) is 1. The third kappa shape index (κ3) is 4.82. The monoisotopic (exact) mass is 274 g/mol. The lowest BCUT2D eigenvalue weighted by atomic mass is 9.84. The van der Waals surface area contributed by atoms with Crippen LogP contribution in [0.25, 0.3) is 0 Å². The number of hydrogen-bond acceptors (Lipinski definition) is 2. The van der Waals surface area contributed by atoms with E-state index in [2.05, 4.69) is 10.3 Å². The topological polar surface area (TPSA) is 24.9 Å². The van der Waals surface area contributed by atoms with Gasteiger partial charge in [-0.05, 0) is 30.0 Å². The molecule has 1 N–H and O–H groups in total. The highest BCUT2D eigenvalue weighted by Gasteiger charge is 2.35. The lowest BCUT2D eigenvalue weighted by Crippen LogP contribution is -2.28. The zero-order chi connectivity index (χ0) is 14.7. The first-order valence-electron chi connectivity index (χ1n) is 6.39. The highest BCUT2D eigenvalue weighted by molar-refractivity contribution is 5.29. The standard InChI is InChI=1S/C14H21F3N2/c1-5-19-12(8-13(2,3)4)10-9-18-7-6-11(10)14(15,16)17/h6-7,9,12,19H,5,8H2,1-4H3. The third-order valence-electron chi connectivity index (χ3n) is 2.80. The van der Waals surface area contributed by atoms with Gasteiger partial charge in [0.25, 0.3) is 0 Å². The summed E-state index contributed by atoms with van der Waals surface area (Å²) < 4.78 is 39.1. The zero-order valence-corrected chi connectivity index (χ0v) is 11.8. The van der Waals surface area contributed by atoms with E-state index >= 15 is 0 Å². The summed E-state index contributed by atoms with van der Waals surface area (Å²) in [6.07, 6.45) is -1.21. The molecule has 1 aromatic rings. The molecule has 2 nitrogen and oxygen atoms in total. The summed E-state index contributed by atoms with van der Waals surface area (Å²) in [5.74, 6) is 0. The summed E-state index contributed by atoms with van der Waals surface area (Å²) in [5.41, 5.74) is -0.435. The Labute approximate surface area is 112 Å². The van der Waals surface area contributed by atoms with E-state index in [0.717, 1.165) is 6.07 Å². The van der Waals surface area contributed by atoms with Crippen molar-refractivity contribution in [2.75, 3.05) is 6.54 Å². The molecule has 1 rings (SSSR count). The Kier molecular flexibility index (Phi) is 4.96. The van der Waals surface area contributed by atoms with Crippen molar-refractivity contribution in [2.45, 2.75) is 46.3 Å². The van der Waals surface area contributed by atoms with Crippen molar-refractivity contribution in [3.05, 3.63) is 29.6 Å². The zero-order valence-electron chi connectivity index (χ0n) is 11.8. The molecule has 0 aliphatic carbocycles. The molecular formula is C14H21F3N2. The van der Waals surface area contributed by atoms with Gasteiger partial charge in [0.15, 0.2) is 0 Å². The average Bonchev–Trinajstić information content (AvgIpc) is 2.25. The Morgan fingerprint density at radius 1 is 1.26 bits per heavy atom. The SMILES string of the molecule is CCNC(CC(C)(C)C)c1cnccc1C(F)(F)F. The van der Waals surface area contributed by atoms with E-state index in [-0.39, 0.29) is 17.0 Å². The van der Waals surface area contributed by atoms with Gasteiger partial charge in [-0.1, -0.05) is 27.7 Å². The molecule has 5 heteroatoms. The minimum absolute atomic E-state index is 0.0639. The lowest BCUT2D eigenvalue weighted by molar-refractivity contribution is -0.138. The van der Waals surface area contributed by atoms with E-state index in [9.17, 15) is 13.2 Å². The fraction of sp³-hybridized carbons (Fsp3) is 0.643. The van der Waals surface area contributed by atoms with Crippen LogP contribution in [0.3, 0.4) is 0 Å². The highest BCUT2D eigenvalue weighted by atomic mass is 19.4. The molecule has 0 spiro atoms. The van der Waals surface area contributed by atoms with E-state index in [4.69, 9.17) is 0 Å². The van der Waals surface area contributed by atoms with Crippen molar-refractivity contribution in [1.82, 2.24) is 10.3 Å². The number of pyridine rings is 1. The molecule has 19 heavy (non-hydrogen) atoms. The number of halogens is 3. The molecule has 0 bridgehead atoms. The molecule has 0 amide bonds. The summed E-state index contributed by atoms with van der Waals surface area (Å²) >= 11 is 0. The van der Waals surface area contributed by atoms with Crippen molar-refractivity contribution >= 4 is 0 Å². The minimum atomic E-state index is -4.34. The maximum atomic E-state index is 13.0. The van der Waals surface area contributed by atoms with Gasteiger partial charge in [0.1, 0.15) is 0 Å². The molecule has 0 saturated carbocycles. The molecule has 0 radical (unpaired) electrons. The normalized spacial score (nSPS) is 14.5. The predicted octanol–water partition coefficient (Wildman–Crippen LogP) is 4.19. The van der Waals surface area contributed by atoms with Crippen molar-refractivity contribution in [3.63, 3.8) is 0 Å². The smallest absolute Gasteiger partial charge is 0.310 e. The second kappa shape index (κ2) is 5.90. The van der Waals surface area contributed by atoms with Gasteiger partial charge in [-0.3, -0.25) is 4.98 Å². The summed E-state index contributed by atoms with van der Waals surface area (Å²) in [4.78, 5) is 3.85. The first-order chi connectivity index (χ1) is 8.65. The number of rotatable bonds is 4. The molecule has 0 aliphatic rings. The van der Waals surface area contributed by atoms with Crippen molar-refractivity contribution in [2.24, 2.45) is 5.41 Å². The Morgan fingerprint density at radius 2 is 1.89 bits per heavy atom. The number of alkyl halides is 3. The maximum Gasteiger partial charge on any atom is 0.416 e. The van der Waals surface area contributed by atoms with Crippen LogP contribution >= 0.6 is 0 Å². The number of aromatic nitrogens is 1. The lowest BCUT2D eigenvalue weighted by Gasteiger charge is -2.28. The van der Waals surface area contributed by atoms with Crippen LogP contribution < -0.4 is 5.32 Å². The van der Waals surface area contributed by atoms with Gasteiger partial charge < -0.3 is 5.32 Å². The van der Waals surface area contributed by atoms with Crippen LogP contribution in [0.2, 0.25) is 0 Å². The van der Waals surface area contributed by atoms with Gasteiger partial charge in [-0.2, -0.15) is 13.2 Å². The first kappa shape index (κ1) is 16.0. The van der Waals surface area contributed by atoms with E-state index < -0.39 is 11.7 Å². The van der Waals surface area contributed by atoms with Crippen LogP contribution in [0.15, 0.2) is 18.5 Å². The van der Waals surface area contributed by atoms with Crippen molar-refractivity contribution in [1.29, 1.82) is 0 Å². The first-order valence-corrected chi connectivity index (χ1v) is 6.39. The van der Waals surface area contributed by atoms with Crippen molar-refractivity contribution in [3.8, 4) is 0 Å². The van der Waals surface area contributed by atoms with Gasteiger partial charge in [-0.25, -0.2) is 0 Å². The molecule has 0 fully saturated rings. The molecule has 1 heterocycles. The van der Waals surface area contributed by atoms with E-state index in [0.29, 0.717) is 13.0 Å². The largest absolute Gasteiger partial charge is 0.416 e. The van der Waals surface area contributed by atoms with Gasteiger partial charge in [0, 0.05) is 18.4 Å². The fourth-order valence-electron chi connectivity index (χ4n) is 2.09. The molecule has 1 unspecified atom stereocenters. The molecular weight excluding hydrogens is 253 g/mol. The summed E-state index contributed by atoms with van der Waals surface area (Å²) in [5, 5.41) is 3.13. The molecule has 108 valence electrons. The molecule has 1 aromatic heterocycles. The van der Waals surface area contributed by atoms with Gasteiger partial charge in [0.05, 0.1) is 5.56 Å². The van der Waals surface area contributed by atoms with Crippen molar-refractivity contribution < 1.29 is 13.2 Å².